The van der Waals surface area contributed by atoms with Crippen LogP contribution in [0.25, 0.3) is 11.0 Å². The van der Waals surface area contributed by atoms with E-state index in [9.17, 15) is 4.79 Å². The lowest BCUT2D eigenvalue weighted by Crippen LogP contribution is -2.16. The Hall–Kier alpha value is -3.87. The highest BCUT2D eigenvalue weighted by atomic mass is 16.6. The zero-order chi connectivity index (χ0) is 19.6. The van der Waals surface area contributed by atoms with E-state index in [1.807, 2.05) is 53.2 Å². The minimum Gasteiger partial charge on any atom is -0.486 e. The van der Waals surface area contributed by atoms with Crippen molar-refractivity contribution in [3.63, 3.8) is 0 Å². The molecule has 0 aliphatic carbocycles. The number of rotatable bonds is 4. The van der Waals surface area contributed by atoms with Crippen LogP contribution >= 0.6 is 0 Å². The molecule has 7 nitrogen and oxygen atoms in total. The molecule has 0 fully saturated rings. The molecule has 3 aromatic carbocycles. The van der Waals surface area contributed by atoms with Gasteiger partial charge in [-0.3, -0.25) is 4.79 Å². The monoisotopic (exact) mass is 386 g/mol. The van der Waals surface area contributed by atoms with E-state index in [-0.39, 0.29) is 5.91 Å². The predicted octanol–water partition coefficient (Wildman–Crippen LogP) is 3.50. The number of carbonyl (C=O) groups excluding carboxylic acids is 1. The predicted molar refractivity (Wildman–Crippen MR) is 108 cm³/mol. The van der Waals surface area contributed by atoms with Gasteiger partial charge in [0.05, 0.1) is 12.1 Å². The Morgan fingerprint density at radius 2 is 1.76 bits per heavy atom. The van der Waals surface area contributed by atoms with Crippen LogP contribution in [0, 0.1) is 0 Å². The molecule has 4 aromatic rings. The highest BCUT2D eigenvalue weighted by molar-refractivity contribution is 6.04. The molecule has 0 bridgehead atoms. The lowest BCUT2D eigenvalue weighted by Gasteiger charge is -2.19. The molecular formula is C22H18N4O3. The van der Waals surface area contributed by atoms with Crippen molar-refractivity contribution in [3.8, 4) is 11.5 Å². The molecule has 1 aliphatic heterocycles. The third-order valence-corrected chi connectivity index (χ3v) is 4.77. The maximum absolute atomic E-state index is 12.6. The summed E-state index contributed by atoms with van der Waals surface area (Å²) in [5, 5.41) is 11.3. The lowest BCUT2D eigenvalue weighted by molar-refractivity contribution is 0.102. The maximum Gasteiger partial charge on any atom is 0.255 e. The summed E-state index contributed by atoms with van der Waals surface area (Å²) in [5.74, 6) is 1.16. The smallest absolute Gasteiger partial charge is 0.255 e. The molecule has 1 amide bonds. The van der Waals surface area contributed by atoms with Crippen LogP contribution in [0.3, 0.4) is 0 Å². The minimum absolute atomic E-state index is 0.181. The molecule has 1 aromatic heterocycles. The molecule has 29 heavy (non-hydrogen) atoms. The number of hydrogen-bond donors (Lipinski definition) is 1. The van der Waals surface area contributed by atoms with E-state index >= 15 is 0 Å². The highest BCUT2D eigenvalue weighted by Crippen LogP contribution is 2.32. The molecule has 7 heteroatoms. The quantitative estimate of drug-likeness (QED) is 0.581. The van der Waals surface area contributed by atoms with E-state index in [0.717, 1.165) is 16.6 Å². The minimum atomic E-state index is -0.181. The fourth-order valence-electron chi connectivity index (χ4n) is 3.29. The Bertz CT molecular complexity index is 1180. The fourth-order valence-corrected chi connectivity index (χ4v) is 3.29. The van der Waals surface area contributed by atoms with E-state index in [4.69, 9.17) is 9.47 Å². The molecule has 0 saturated carbocycles. The van der Waals surface area contributed by atoms with Crippen LogP contribution < -0.4 is 14.8 Å². The van der Waals surface area contributed by atoms with Gasteiger partial charge in [-0.25, -0.2) is 4.68 Å². The Morgan fingerprint density at radius 1 is 0.966 bits per heavy atom. The first kappa shape index (κ1) is 17.2. The number of nitrogens with zero attached hydrogens (tertiary/aromatic N) is 3. The Kier molecular flexibility index (Phi) is 4.32. The number of ether oxygens (including phenoxy) is 2. The third-order valence-electron chi connectivity index (χ3n) is 4.77. The topological polar surface area (TPSA) is 78.3 Å². The summed E-state index contributed by atoms with van der Waals surface area (Å²) in [6, 6.07) is 20.7. The van der Waals surface area contributed by atoms with Crippen LogP contribution in [-0.2, 0) is 6.54 Å². The van der Waals surface area contributed by atoms with Crippen molar-refractivity contribution < 1.29 is 14.3 Å². The van der Waals surface area contributed by atoms with Gasteiger partial charge in [-0.2, -0.15) is 0 Å². The molecule has 0 unspecified atom stereocenters. The number of amides is 1. The van der Waals surface area contributed by atoms with Gasteiger partial charge in [0, 0.05) is 17.3 Å². The number of nitrogens with one attached hydrogen (secondary N) is 1. The summed E-state index contributed by atoms with van der Waals surface area (Å²) in [6.07, 6.45) is 0. The highest BCUT2D eigenvalue weighted by Gasteiger charge is 2.13. The lowest BCUT2D eigenvalue weighted by atomic mass is 10.1. The van der Waals surface area contributed by atoms with Crippen molar-refractivity contribution in [2.45, 2.75) is 6.54 Å². The number of benzene rings is 3. The van der Waals surface area contributed by atoms with Gasteiger partial charge in [-0.1, -0.05) is 29.5 Å². The number of hydrogen-bond acceptors (Lipinski definition) is 5. The van der Waals surface area contributed by atoms with E-state index in [0.29, 0.717) is 42.5 Å². The molecule has 0 atom stereocenters. The molecule has 2 heterocycles. The normalized spacial score (nSPS) is 12.7. The number of para-hydroxylation sites is 1. The van der Waals surface area contributed by atoms with Gasteiger partial charge in [-0.15, -0.1) is 5.10 Å². The van der Waals surface area contributed by atoms with Crippen molar-refractivity contribution in [2.75, 3.05) is 18.5 Å². The third kappa shape index (κ3) is 3.50. The molecule has 5 rings (SSSR count). The Balaban J connectivity index is 1.29. The van der Waals surface area contributed by atoms with Gasteiger partial charge < -0.3 is 14.8 Å². The second-order valence-corrected chi connectivity index (χ2v) is 6.75. The van der Waals surface area contributed by atoms with Gasteiger partial charge in [0.15, 0.2) is 11.5 Å². The van der Waals surface area contributed by atoms with Crippen LogP contribution in [-0.4, -0.2) is 34.1 Å². The molecule has 1 aliphatic rings. The number of fused-ring (bicyclic) bond motifs is 2. The number of aromatic nitrogens is 3. The van der Waals surface area contributed by atoms with Crippen LogP contribution in [0.2, 0.25) is 0 Å². The SMILES string of the molecule is O=C(Nc1ccc2c(c1)OCCO2)c1ccc(Cn2nnc3ccccc32)cc1. The molecule has 0 radical (unpaired) electrons. The van der Waals surface area contributed by atoms with Crippen LogP contribution in [0.4, 0.5) is 5.69 Å². The van der Waals surface area contributed by atoms with Crippen LogP contribution in [0.1, 0.15) is 15.9 Å². The fraction of sp³-hybridized carbons (Fsp3) is 0.136. The number of carbonyl (C=O) groups is 1. The van der Waals surface area contributed by atoms with Crippen molar-refractivity contribution in [1.29, 1.82) is 0 Å². The van der Waals surface area contributed by atoms with Gasteiger partial charge in [0.25, 0.3) is 5.91 Å². The maximum atomic E-state index is 12.6. The first-order chi connectivity index (χ1) is 14.3. The Labute approximate surface area is 166 Å². The average molecular weight is 386 g/mol. The molecule has 0 spiro atoms. The first-order valence-corrected chi connectivity index (χ1v) is 9.34. The van der Waals surface area contributed by atoms with Crippen molar-refractivity contribution >= 4 is 22.6 Å². The van der Waals surface area contributed by atoms with Gasteiger partial charge in [0.1, 0.15) is 18.7 Å². The standard InChI is InChI=1S/C22H18N4O3/c27-22(23-17-9-10-20-21(13-17)29-12-11-28-20)16-7-5-15(6-8-16)14-26-19-4-2-1-3-18(19)24-25-26/h1-10,13H,11-12,14H2,(H,23,27). The van der Waals surface area contributed by atoms with E-state index in [2.05, 4.69) is 15.6 Å². The summed E-state index contributed by atoms with van der Waals surface area (Å²) in [5.41, 5.74) is 4.12. The first-order valence-electron chi connectivity index (χ1n) is 9.34. The second kappa shape index (κ2) is 7.27. The number of anilines is 1. The largest absolute Gasteiger partial charge is 0.486 e. The summed E-state index contributed by atoms with van der Waals surface area (Å²) < 4.78 is 12.9. The van der Waals surface area contributed by atoms with E-state index in [1.54, 1.807) is 18.2 Å². The average Bonchev–Trinajstić information content (AvgIpc) is 3.17. The molecule has 1 N–H and O–H groups in total. The summed E-state index contributed by atoms with van der Waals surface area (Å²) in [4.78, 5) is 12.6. The zero-order valence-corrected chi connectivity index (χ0v) is 15.5. The van der Waals surface area contributed by atoms with Gasteiger partial charge >= 0.3 is 0 Å². The summed E-state index contributed by atoms with van der Waals surface area (Å²) in [6.45, 7) is 1.63. The zero-order valence-electron chi connectivity index (χ0n) is 15.5. The van der Waals surface area contributed by atoms with Crippen molar-refractivity contribution in [3.05, 3.63) is 77.9 Å². The molecular weight excluding hydrogens is 368 g/mol. The van der Waals surface area contributed by atoms with Crippen molar-refractivity contribution in [2.24, 2.45) is 0 Å². The van der Waals surface area contributed by atoms with Crippen LogP contribution in [0.15, 0.2) is 66.7 Å². The van der Waals surface area contributed by atoms with Crippen LogP contribution in [0.5, 0.6) is 11.5 Å². The molecule has 144 valence electrons. The summed E-state index contributed by atoms with van der Waals surface area (Å²) >= 11 is 0. The summed E-state index contributed by atoms with van der Waals surface area (Å²) in [7, 11) is 0. The molecule has 0 saturated heterocycles. The van der Waals surface area contributed by atoms with E-state index in [1.165, 1.54) is 0 Å². The van der Waals surface area contributed by atoms with Gasteiger partial charge in [-0.05, 0) is 42.0 Å². The van der Waals surface area contributed by atoms with Crippen molar-refractivity contribution in [1.82, 2.24) is 15.0 Å². The Morgan fingerprint density at radius 3 is 2.62 bits per heavy atom. The van der Waals surface area contributed by atoms with Gasteiger partial charge in [0.2, 0.25) is 0 Å². The second-order valence-electron chi connectivity index (χ2n) is 6.75. The van der Waals surface area contributed by atoms with E-state index < -0.39 is 0 Å².